The monoisotopic (exact) mass is 241 g/mol. The van der Waals surface area contributed by atoms with Crippen LogP contribution in [0.3, 0.4) is 0 Å². The van der Waals surface area contributed by atoms with Gasteiger partial charge in [-0.05, 0) is 43.0 Å². The van der Waals surface area contributed by atoms with Crippen molar-refractivity contribution in [2.24, 2.45) is 5.73 Å². The van der Waals surface area contributed by atoms with E-state index >= 15 is 0 Å². The van der Waals surface area contributed by atoms with Crippen LogP contribution >= 0.6 is 0 Å². The molecule has 0 saturated heterocycles. The summed E-state index contributed by atoms with van der Waals surface area (Å²) in [6.07, 6.45) is 1.48. The summed E-state index contributed by atoms with van der Waals surface area (Å²) >= 11 is 0. The van der Waals surface area contributed by atoms with E-state index in [0.717, 1.165) is 5.56 Å². The van der Waals surface area contributed by atoms with E-state index in [4.69, 9.17) is 15.6 Å². The molecule has 0 aliphatic heterocycles. The van der Waals surface area contributed by atoms with Crippen LogP contribution in [-0.2, 0) is 11.2 Å². The van der Waals surface area contributed by atoms with Gasteiger partial charge in [-0.15, -0.1) is 0 Å². The molecule has 0 spiro atoms. The number of benzene rings is 1. The van der Waals surface area contributed by atoms with Gasteiger partial charge in [0.25, 0.3) is 0 Å². The molecule has 5 heteroatoms. The normalized spacial score (nSPS) is 12.2. The molecule has 3 N–H and O–H groups in total. The fourth-order valence-corrected chi connectivity index (χ4v) is 1.58. The number of carbonyl (C=O) groups is 1. The molecule has 0 amide bonds. The highest BCUT2D eigenvalue weighted by Crippen LogP contribution is 2.21. The van der Waals surface area contributed by atoms with Crippen LogP contribution < -0.4 is 10.5 Å². The summed E-state index contributed by atoms with van der Waals surface area (Å²) in [4.78, 5) is 10.5. The second-order valence-electron chi connectivity index (χ2n) is 3.79. The first kappa shape index (κ1) is 13.4. The van der Waals surface area contributed by atoms with E-state index in [2.05, 4.69) is 0 Å². The third-order valence-corrected chi connectivity index (χ3v) is 2.52. The van der Waals surface area contributed by atoms with Crippen molar-refractivity contribution in [2.75, 3.05) is 7.11 Å². The number of halogens is 1. The lowest BCUT2D eigenvalue weighted by Crippen LogP contribution is -2.29. The van der Waals surface area contributed by atoms with Gasteiger partial charge in [0.05, 0.1) is 7.11 Å². The summed E-state index contributed by atoms with van der Waals surface area (Å²) in [7, 11) is 1.51. The maximum Gasteiger partial charge on any atom is 0.320 e. The van der Waals surface area contributed by atoms with Crippen LogP contribution in [0.25, 0.3) is 0 Å². The molecule has 0 aromatic heterocycles. The largest absolute Gasteiger partial charge is 0.496 e. The Labute approximate surface area is 99.2 Å². The smallest absolute Gasteiger partial charge is 0.320 e. The van der Waals surface area contributed by atoms with Crippen LogP contribution in [0.15, 0.2) is 18.2 Å². The van der Waals surface area contributed by atoms with Crippen LogP contribution in [0.1, 0.15) is 18.4 Å². The van der Waals surface area contributed by atoms with E-state index in [-0.39, 0.29) is 5.82 Å². The zero-order valence-corrected chi connectivity index (χ0v) is 9.65. The fourth-order valence-electron chi connectivity index (χ4n) is 1.58. The lowest BCUT2D eigenvalue weighted by Gasteiger charge is -2.09. The van der Waals surface area contributed by atoms with Crippen LogP contribution in [0, 0.1) is 5.82 Å². The highest BCUT2D eigenvalue weighted by molar-refractivity contribution is 5.72. The maximum atomic E-state index is 13.0. The van der Waals surface area contributed by atoms with E-state index < -0.39 is 12.0 Å². The minimum absolute atomic E-state index is 0.330. The van der Waals surface area contributed by atoms with Crippen molar-refractivity contribution in [3.63, 3.8) is 0 Å². The molecule has 1 rings (SSSR count). The Bertz CT molecular complexity index is 395. The van der Waals surface area contributed by atoms with Crippen molar-refractivity contribution in [1.82, 2.24) is 0 Å². The average Bonchev–Trinajstić information content (AvgIpc) is 2.29. The number of carboxylic acids is 1. The Hall–Kier alpha value is -1.62. The molecule has 0 fully saturated rings. The topological polar surface area (TPSA) is 72.5 Å². The second kappa shape index (κ2) is 6.20. The zero-order chi connectivity index (χ0) is 12.8. The number of aryl methyl sites for hydroxylation is 1. The summed E-state index contributed by atoms with van der Waals surface area (Å²) in [5.74, 6) is -0.741. The molecule has 1 unspecified atom stereocenters. The minimum atomic E-state index is -1.02. The summed E-state index contributed by atoms with van der Waals surface area (Å²) < 4.78 is 18.1. The van der Waals surface area contributed by atoms with Crippen LogP contribution in [0.2, 0.25) is 0 Å². The number of carboxylic acid groups (broad SMARTS) is 1. The lowest BCUT2D eigenvalue weighted by molar-refractivity contribution is -0.138. The molecule has 0 radical (unpaired) electrons. The van der Waals surface area contributed by atoms with Gasteiger partial charge in [0.1, 0.15) is 17.6 Å². The van der Waals surface area contributed by atoms with Gasteiger partial charge >= 0.3 is 5.97 Å². The Morgan fingerprint density at radius 1 is 1.59 bits per heavy atom. The SMILES string of the molecule is COc1ccc(F)cc1CCCC(N)C(=O)O. The van der Waals surface area contributed by atoms with E-state index in [0.29, 0.717) is 25.0 Å². The Kier molecular flexibility index (Phi) is 4.90. The summed E-state index contributed by atoms with van der Waals surface area (Å²) in [6, 6.07) is 3.41. The van der Waals surface area contributed by atoms with E-state index in [1.807, 2.05) is 0 Å². The number of hydrogen-bond donors (Lipinski definition) is 2. The standard InChI is InChI=1S/C12H16FNO3/c1-17-11-6-5-9(13)7-8(11)3-2-4-10(14)12(15)16/h5-7,10H,2-4,14H2,1H3,(H,15,16). The van der Waals surface area contributed by atoms with Crippen LogP contribution in [0.4, 0.5) is 4.39 Å². The van der Waals surface area contributed by atoms with Crippen molar-refractivity contribution in [1.29, 1.82) is 0 Å². The molecular formula is C12H16FNO3. The molecule has 1 aromatic rings. The number of nitrogens with two attached hydrogens (primary N) is 1. The first-order valence-electron chi connectivity index (χ1n) is 5.35. The molecule has 0 aliphatic carbocycles. The van der Waals surface area contributed by atoms with E-state index in [1.165, 1.54) is 19.2 Å². The van der Waals surface area contributed by atoms with Crippen LogP contribution in [-0.4, -0.2) is 24.2 Å². The first-order chi connectivity index (χ1) is 8.04. The zero-order valence-electron chi connectivity index (χ0n) is 9.65. The second-order valence-corrected chi connectivity index (χ2v) is 3.79. The fraction of sp³-hybridized carbons (Fsp3) is 0.417. The van der Waals surface area contributed by atoms with Crippen molar-refractivity contribution < 1.29 is 19.0 Å². The molecule has 17 heavy (non-hydrogen) atoms. The van der Waals surface area contributed by atoms with Gasteiger partial charge in [-0.25, -0.2) is 4.39 Å². The van der Waals surface area contributed by atoms with Gasteiger partial charge in [-0.1, -0.05) is 0 Å². The van der Waals surface area contributed by atoms with E-state index in [9.17, 15) is 9.18 Å². The average molecular weight is 241 g/mol. The van der Waals surface area contributed by atoms with Crippen molar-refractivity contribution in [3.8, 4) is 5.75 Å². The molecule has 1 aromatic carbocycles. The summed E-state index contributed by atoms with van der Waals surface area (Å²) in [5.41, 5.74) is 6.10. The Morgan fingerprint density at radius 3 is 2.88 bits per heavy atom. The number of aliphatic carboxylic acids is 1. The molecular weight excluding hydrogens is 225 g/mol. The van der Waals surface area contributed by atoms with Gasteiger partial charge in [-0.3, -0.25) is 4.79 Å². The molecule has 94 valence electrons. The molecule has 1 atom stereocenters. The predicted octanol–water partition coefficient (Wildman–Crippen LogP) is 1.57. The van der Waals surface area contributed by atoms with Gasteiger partial charge in [0.15, 0.2) is 0 Å². The Morgan fingerprint density at radius 2 is 2.29 bits per heavy atom. The minimum Gasteiger partial charge on any atom is -0.496 e. The maximum absolute atomic E-state index is 13.0. The summed E-state index contributed by atoms with van der Waals surface area (Å²) in [5, 5.41) is 8.61. The predicted molar refractivity (Wildman–Crippen MR) is 61.5 cm³/mol. The third kappa shape index (κ3) is 4.03. The molecule has 0 bridgehead atoms. The number of hydrogen-bond acceptors (Lipinski definition) is 3. The van der Waals surface area contributed by atoms with Gasteiger partial charge in [-0.2, -0.15) is 0 Å². The van der Waals surface area contributed by atoms with E-state index in [1.54, 1.807) is 6.07 Å². The van der Waals surface area contributed by atoms with Gasteiger partial charge in [0, 0.05) is 0 Å². The third-order valence-electron chi connectivity index (χ3n) is 2.52. The summed E-state index contributed by atoms with van der Waals surface area (Å²) in [6.45, 7) is 0. The number of ether oxygens (including phenoxy) is 1. The number of rotatable bonds is 6. The Balaban J connectivity index is 2.56. The molecule has 0 aliphatic rings. The lowest BCUT2D eigenvalue weighted by atomic mass is 10.0. The van der Waals surface area contributed by atoms with Crippen molar-refractivity contribution in [2.45, 2.75) is 25.3 Å². The molecule has 0 saturated carbocycles. The quantitative estimate of drug-likeness (QED) is 0.793. The van der Waals surface area contributed by atoms with Gasteiger partial charge < -0.3 is 15.6 Å². The van der Waals surface area contributed by atoms with Gasteiger partial charge in [0.2, 0.25) is 0 Å². The van der Waals surface area contributed by atoms with Crippen molar-refractivity contribution in [3.05, 3.63) is 29.6 Å². The van der Waals surface area contributed by atoms with Crippen LogP contribution in [0.5, 0.6) is 5.75 Å². The number of methoxy groups -OCH3 is 1. The van der Waals surface area contributed by atoms with Crippen molar-refractivity contribution >= 4 is 5.97 Å². The highest BCUT2D eigenvalue weighted by Gasteiger charge is 2.11. The highest BCUT2D eigenvalue weighted by atomic mass is 19.1. The first-order valence-corrected chi connectivity index (χ1v) is 5.35. The molecule has 0 heterocycles. The molecule has 4 nitrogen and oxygen atoms in total.